The van der Waals surface area contributed by atoms with Gasteiger partial charge in [-0.05, 0) is 54.8 Å². The smallest absolute Gasteiger partial charge is 0.398 e. The van der Waals surface area contributed by atoms with Crippen LogP contribution in [0.4, 0.5) is 17.3 Å². The van der Waals surface area contributed by atoms with Gasteiger partial charge in [-0.15, -0.1) is 0 Å². The van der Waals surface area contributed by atoms with E-state index in [4.69, 9.17) is 96.0 Å². The molecule has 0 spiro atoms. The number of aromatic amines is 1. The molecule has 6 aliphatic rings. The zero-order chi connectivity index (χ0) is 62.8. The number of aliphatic hydroxyl groups is 4. The van der Waals surface area contributed by atoms with E-state index in [0.717, 1.165) is 0 Å². The van der Waals surface area contributed by atoms with Crippen molar-refractivity contribution in [2.75, 3.05) is 43.6 Å². The number of aliphatic hydroxyl groups excluding tert-OH is 4. The van der Waals surface area contributed by atoms with Gasteiger partial charge in [-0.25, -0.2) is 44.0 Å². The topological polar surface area (TPSA) is 507 Å². The van der Waals surface area contributed by atoms with Crippen LogP contribution in [0.25, 0.3) is 44.3 Å². The number of ether oxygens (including phenoxy) is 4. The summed E-state index contributed by atoms with van der Waals surface area (Å²) in [5.41, 5.74) is 19.3. The second kappa shape index (κ2) is 23.9. The zero-order valence-corrected chi connectivity index (χ0v) is 51.5. The van der Waals surface area contributed by atoms with Crippen molar-refractivity contribution in [1.29, 1.82) is 0 Å². The molecule has 0 aromatic carbocycles. The number of anilines is 3. The summed E-state index contributed by atoms with van der Waals surface area (Å²) >= 11 is 14.6. The van der Waals surface area contributed by atoms with Crippen molar-refractivity contribution in [2.24, 2.45) is 0 Å². The SMILES string of the molecule is Cc1nc2c(ccn2[C@@H]2O[C@@H]3COP(O)(=S)O[C@@H]4C(O)[C@H](n5cnc6c(N)ncnc65)O[C@@H]4COP(=O)(S)O[C@H]2C3O)c(=O)[nH]1.Nc1ncnc2c1ccn2[C@@H]1O[C@@H]2COP(O)(=S)O[C@H]3C(O)[C@@H](COP(=O)(O)O[C@@H]2C1O)O[C@H]3n1ccc2c(N)ccnc21. The lowest BCUT2D eigenvalue weighted by Gasteiger charge is -2.27. The maximum Gasteiger partial charge on any atom is 0.472 e. The molecule has 14 heterocycles. The molecular weight excluding hydrogens is 1320 g/mol. The molecular formula is C45H53N15O22P4S3. The van der Waals surface area contributed by atoms with Crippen LogP contribution in [-0.2, 0) is 87.9 Å². The van der Waals surface area contributed by atoms with Crippen LogP contribution in [0.3, 0.4) is 0 Å². The molecule has 89 heavy (non-hydrogen) atoms. The Morgan fingerprint density at radius 3 is 1.74 bits per heavy atom. The number of aryl methyl sites for hydroxylation is 1. The number of rotatable bonds is 4. The van der Waals surface area contributed by atoms with Gasteiger partial charge >= 0.3 is 28.1 Å². The second-order valence-corrected chi connectivity index (χ2v) is 30.7. The summed E-state index contributed by atoms with van der Waals surface area (Å²) in [5.74, 6) is 0.612. The van der Waals surface area contributed by atoms with Gasteiger partial charge in [0.05, 0.1) is 43.5 Å². The number of fused-ring (bicyclic) bond motifs is 10. The van der Waals surface area contributed by atoms with Crippen molar-refractivity contribution in [3.63, 3.8) is 0 Å². The number of phosphoric acid groups is 1. The highest BCUT2D eigenvalue weighted by atomic mass is 32.7. The number of nitrogens with zero attached hydrogens (tertiary/aromatic N) is 11. The molecule has 0 amide bonds. The molecule has 14 N–H and O–H groups in total. The fraction of sp³-hybridized carbons (Fsp3) is 0.467. The van der Waals surface area contributed by atoms with E-state index in [0.29, 0.717) is 33.6 Å². The Kier molecular flexibility index (Phi) is 16.8. The van der Waals surface area contributed by atoms with E-state index in [9.17, 15) is 49.0 Å². The van der Waals surface area contributed by atoms with Crippen LogP contribution >= 0.6 is 40.3 Å². The predicted molar refractivity (Wildman–Crippen MR) is 313 cm³/mol. The van der Waals surface area contributed by atoms with Crippen molar-refractivity contribution in [2.45, 2.75) is 105 Å². The number of pyridine rings is 1. The summed E-state index contributed by atoms with van der Waals surface area (Å²) in [7, 11) is -4.93. The number of hydrogen-bond donors (Lipinski definition) is 12. The summed E-state index contributed by atoms with van der Waals surface area (Å²) < 4.78 is 101. The third-order valence-electron chi connectivity index (χ3n) is 15.2. The van der Waals surface area contributed by atoms with Crippen LogP contribution in [0.2, 0.25) is 0 Å². The van der Waals surface area contributed by atoms with Gasteiger partial charge in [-0.1, -0.05) is 12.2 Å². The van der Waals surface area contributed by atoms with Gasteiger partial charge in [-0.3, -0.25) is 36.5 Å². The molecule has 6 saturated heterocycles. The van der Waals surface area contributed by atoms with Gasteiger partial charge in [0.25, 0.3) is 5.56 Å². The van der Waals surface area contributed by atoms with E-state index in [1.807, 2.05) is 0 Å². The first-order valence-corrected chi connectivity index (χ1v) is 35.9. The second-order valence-electron chi connectivity index (χ2n) is 20.8. The molecule has 14 rings (SSSR count). The largest absolute Gasteiger partial charge is 0.472 e. The first-order chi connectivity index (χ1) is 42.2. The molecule has 20 atom stereocenters. The minimum absolute atomic E-state index is 0.101. The van der Waals surface area contributed by atoms with Crippen molar-refractivity contribution >= 4 is 126 Å². The van der Waals surface area contributed by atoms with Crippen molar-refractivity contribution < 1.29 is 99.4 Å². The molecule has 6 fully saturated rings. The number of thiol groups is 1. The zero-order valence-electron chi connectivity index (χ0n) is 45.4. The van der Waals surface area contributed by atoms with E-state index in [2.05, 4.69) is 52.1 Å². The standard InChI is InChI=1S/C23H27N7O11P2S.C22H26N8O11P2S2/c24-12-1-4-26-20-10(12)2-5-30(20)23-18-15(31)13(38-23)7-36-42(33,34)40-17-14(8-37-43(35,44)41-18)39-22(16(17)32)29-6-3-11-19(25)27-9-28-21(11)29;1-8-27-18-9(20(33)28-8)2-3-29(18)22-16-13(31)10(38-22)4-36-42(34,44)40-15-11(5-37-43(35,45)41-16)39-21(14(15)32)30-7-26-12-17(23)24-6-25-19(12)30/h1-6,9,13-18,22-23,31-32H,7-8H2,(H2,24,26)(H,33,34)(H,35,44)(H2,25,27,28);2-3,6-7,10-11,13-16,21-22,31-32H,4-5H2,1H3,(H,34,44)(H,35,45)(H2,23,24,25)(H,27,28,33)/t13-,14-,15?,16?,17+,18+,22-,23-,43?;10-,11-,13?,14?,15+,16+,21-,22-,42?,43?/m11/s1. The summed E-state index contributed by atoms with van der Waals surface area (Å²) in [6, 6.07) is 6.41. The Morgan fingerprint density at radius 1 is 0.562 bits per heavy atom. The average molecular weight is 1380 g/mol. The summed E-state index contributed by atoms with van der Waals surface area (Å²) in [6.45, 7) is -13.3. The fourth-order valence-electron chi connectivity index (χ4n) is 11.1. The number of nitrogens with one attached hydrogen (secondary N) is 1. The number of phosphoric ester groups is 1. The molecule has 8 aromatic rings. The molecule has 8 aromatic heterocycles. The van der Waals surface area contributed by atoms with Crippen LogP contribution in [0.1, 0.15) is 30.7 Å². The minimum Gasteiger partial charge on any atom is -0.398 e. The van der Waals surface area contributed by atoms with Gasteiger partial charge in [0.2, 0.25) is 0 Å². The highest BCUT2D eigenvalue weighted by Gasteiger charge is 2.55. The summed E-state index contributed by atoms with van der Waals surface area (Å²) in [6.07, 6.45) is -11.5. The Hall–Kier alpha value is -4.97. The molecule has 0 radical (unpaired) electrons. The fourth-order valence-corrected chi connectivity index (χ4v) is 16.4. The summed E-state index contributed by atoms with van der Waals surface area (Å²) in [5, 5.41) is 46.1. The van der Waals surface area contributed by atoms with Crippen molar-refractivity contribution in [3.8, 4) is 0 Å². The lowest BCUT2D eigenvalue weighted by Crippen LogP contribution is -2.36. The first-order valence-electron chi connectivity index (χ1n) is 26.5. The number of nitrogen functional groups attached to an aromatic ring is 3. The molecule has 8 unspecified atom stereocenters. The Balaban J connectivity index is 0.000000164. The molecule has 0 aliphatic carbocycles. The lowest BCUT2D eigenvalue weighted by molar-refractivity contribution is -0.0634. The van der Waals surface area contributed by atoms with Crippen molar-refractivity contribution in [3.05, 3.63) is 84.2 Å². The van der Waals surface area contributed by atoms with Gasteiger partial charge in [0, 0.05) is 35.9 Å². The van der Waals surface area contributed by atoms with Crippen molar-refractivity contribution in [1.82, 2.24) is 58.1 Å². The van der Waals surface area contributed by atoms with E-state index < -0.39 is 158 Å². The number of nitrogens with two attached hydrogens (primary N) is 3. The summed E-state index contributed by atoms with van der Waals surface area (Å²) in [4.78, 5) is 76.9. The van der Waals surface area contributed by atoms with E-state index in [1.54, 1.807) is 37.5 Å². The molecule has 6 aliphatic heterocycles. The normalized spacial score (nSPS) is 38.0. The first kappa shape index (κ1) is 62.8. The van der Waals surface area contributed by atoms with E-state index in [1.165, 1.54) is 55.7 Å². The number of aromatic nitrogens is 12. The maximum atomic E-state index is 13.6. The van der Waals surface area contributed by atoms with Gasteiger partial charge in [-0.2, -0.15) is 0 Å². The van der Waals surface area contributed by atoms with Crippen LogP contribution in [0.5, 0.6) is 0 Å². The third-order valence-corrected chi connectivity index (χ3v) is 21.0. The van der Waals surface area contributed by atoms with Gasteiger partial charge in [0.15, 0.2) is 36.4 Å². The van der Waals surface area contributed by atoms with E-state index in [-0.39, 0.29) is 33.8 Å². The van der Waals surface area contributed by atoms with E-state index >= 15 is 0 Å². The lowest BCUT2D eigenvalue weighted by atomic mass is 10.1. The Bertz CT molecular complexity index is 4300. The molecule has 0 saturated carbocycles. The molecule has 37 nitrogen and oxygen atoms in total. The number of imidazole rings is 1. The van der Waals surface area contributed by atoms with Gasteiger partial charge in [0.1, 0.15) is 120 Å². The Labute approximate surface area is 513 Å². The highest BCUT2D eigenvalue weighted by molar-refractivity contribution is 8.44. The Morgan fingerprint density at radius 2 is 1.07 bits per heavy atom. The van der Waals surface area contributed by atoms with Crippen LogP contribution < -0.4 is 22.8 Å². The molecule has 4 bridgehead atoms. The van der Waals surface area contributed by atoms with Crippen LogP contribution in [0.15, 0.2) is 72.8 Å². The van der Waals surface area contributed by atoms with Crippen LogP contribution in [-0.4, -0.2) is 193 Å². The third kappa shape index (κ3) is 12.0. The van der Waals surface area contributed by atoms with Crippen LogP contribution in [0, 0.1) is 6.92 Å². The monoisotopic (exact) mass is 1380 g/mol. The maximum absolute atomic E-state index is 13.6. The molecule has 44 heteroatoms. The molecule has 478 valence electrons. The van der Waals surface area contributed by atoms with Gasteiger partial charge < -0.3 is 99.0 Å². The number of H-pyrrole nitrogens is 1. The number of hydrogen-bond acceptors (Lipinski definition) is 31. The predicted octanol–water partition coefficient (Wildman–Crippen LogP) is 0.340. The quantitative estimate of drug-likeness (QED) is 0.0835. The minimum atomic E-state index is -4.93. The average Bonchev–Trinajstić information content (AvgIpc) is 2.01. The highest BCUT2D eigenvalue weighted by Crippen LogP contribution is 2.59.